The number of phenols is 1. The average molecular weight is 328 g/mol. The van der Waals surface area contributed by atoms with Crippen LogP contribution in [0.25, 0.3) is 11.3 Å². The Bertz CT molecular complexity index is 793. The summed E-state index contributed by atoms with van der Waals surface area (Å²) in [5.41, 5.74) is 2.40. The molecular weight excluding hydrogens is 308 g/mol. The summed E-state index contributed by atoms with van der Waals surface area (Å²) in [6.45, 7) is 3.78. The topological polar surface area (TPSA) is 96.3 Å². The molecular formula is C17H20N4O3. The standard InChI is InChI=1S/C17H20N4O3/c1-3-18-17(24)21-15(11-4-5-11)9-14(20-21)13-8-12(19-10(2)22)6-7-16(13)23/h6-9,11,23H,3-5H2,1-2H3,(H,18,24)(H,19,22). The number of anilines is 1. The normalized spacial score (nSPS) is 13.6. The number of aromatic nitrogens is 2. The summed E-state index contributed by atoms with van der Waals surface area (Å²) in [6.07, 6.45) is 2.06. The number of rotatable bonds is 4. The smallest absolute Gasteiger partial charge is 0.342 e. The first-order chi connectivity index (χ1) is 11.5. The molecule has 1 heterocycles. The summed E-state index contributed by atoms with van der Waals surface area (Å²) < 4.78 is 1.38. The fraction of sp³-hybridized carbons (Fsp3) is 0.353. The van der Waals surface area contributed by atoms with E-state index in [2.05, 4.69) is 15.7 Å². The number of benzene rings is 1. The van der Waals surface area contributed by atoms with Gasteiger partial charge in [-0.25, -0.2) is 4.79 Å². The number of amides is 2. The molecule has 1 aromatic carbocycles. The number of hydrogen-bond acceptors (Lipinski definition) is 4. The van der Waals surface area contributed by atoms with Crippen molar-refractivity contribution in [1.82, 2.24) is 15.1 Å². The summed E-state index contributed by atoms with van der Waals surface area (Å²) in [5.74, 6) is 0.180. The molecule has 0 unspecified atom stereocenters. The van der Waals surface area contributed by atoms with Crippen molar-refractivity contribution < 1.29 is 14.7 Å². The highest BCUT2D eigenvalue weighted by Crippen LogP contribution is 2.42. The number of aromatic hydroxyl groups is 1. The molecule has 0 aliphatic heterocycles. The molecule has 1 fully saturated rings. The van der Waals surface area contributed by atoms with Crippen molar-refractivity contribution in [2.24, 2.45) is 0 Å². The first-order valence-corrected chi connectivity index (χ1v) is 7.98. The van der Waals surface area contributed by atoms with E-state index >= 15 is 0 Å². The fourth-order valence-electron chi connectivity index (χ4n) is 2.61. The van der Waals surface area contributed by atoms with Gasteiger partial charge < -0.3 is 15.7 Å². The van der Waals surface area contributed by atoms with Crippen molar-refractivity contribution in [1.29, 1.82) is 0 Å². The molecule has 0 saturated heterocycles. The van der Waals surface area contributed by atoms with Crippen molar-refractivity contribution >= 4 is 17.6 Å². The lowest BCUT2D eigenvalue weighted by Gasteiger charge is -2.06. The maximum Gasteiger partial charge on any atom is 0.342 e. The van der Waals surface area contributed by atoms with Gasteiger partial charge in [0.1, 0.15) is 5.75 Å². The zero-order chi connectivity index (χ0) is 17.3. The zero-order valence-electron chi connectivity index (χ0n) is 13.7. The molecule has 126 valence electrons. The van der Waals surface area contributed by atoms with Gasteiger partial charge in [0.2, 0.25) is 5.91 Å². The van der Waals surface area contributed by atoms with E-state index in [1.165, 1.54) is 17.7 Å². The maximum absolute atomic E-state index is 12.2. The Morgan fingerprint density at radius 3 is 2.71 bits per heavy atom. The summed E-state index contributed by atoms with van der Waals surface area (Å²) in [4.78, 5) is 23.4. The monoisotopic (exact) mass is 328 g/mol. The first kappa shape index (κ1) is 16.0. The van der Waals surface area contributed by atoms with Gasteiger partial charge in [-0.2, -0.15) is 9.78 Å². The highest BCUT2D eigenvalue weighted by atomic mass is 16.3. The van der Waals surface area contributed by atoms with Crippen LogP contribution < -0.4 is 10.6 Å². The molecule has 0 spiro atoms. The molecule has 2 aromatic rings. The van der Waals surface area contributed by atoms with Crippen molar-refractivity contribution in [2.45, 2.75) is 32.6 Å². The molecule has 2 amide bonds. The summed E-state index contributed by atoms with van der Waals surface area (Å²) in [6, 6.07) is 6.33. The molecule has 3 N–H and O–H groups in total. The highest BCUT2D eigenvalue weighted by Gasteiger charge is 2.30. The van der Waals surface area contributed by atoms with Crippen LogP contribution >= 0.6 is 0 Å². The van der Waals surface area contributed by atoms with Gasteiger partial charge >= 0.3 is 6.03 Å². The summed E-state index contributed by atoms with van der Waals surface area (Å²) in [7, 11) is 0. The largest absolute Gasteiger partial charge is 0.507 e. The second-order valence-corrected chi connectivity index (χ2v) is 5.89. The molecule has 1 aliphatic rings. The molecule has 0 bridgehead atoms. The van der Waals surface area contributed by atoms with Crippen LogP contribution in [-0.2, 0) is 4.79 Å². The van der Waals surface area contributed by atoms with Crippen LogP contribution in [0, 0.1) is 0 Å². The van der Waals surface area contributed by atoms with Crippen LogP contribution in [0.2, 0.25) is 0 Å². The van der Waals surface area contributed by atoms with Gasteiger partial charge in [-0.1, -0.05) is 0 Å². The van der Waals surface area contributed by atoms with E-state index in [4.69, 9.17) is 0 Å². The predicted octanol–water partition coefficient (Wildman–Crippen LogP) is 2.67. The number of nitrogens with zero attached hydrogens (tertiary/aromatic N) is 2. The van der Waals surface area contributed by atoms with Crippen LogP contribution in [0.3, 0.4) is 0 Å². The third-order valence-corrected chi connectivity index (χ3v) is 3.85. The Labute approximate surface area is 139 Å². The Balaban J connectivity index is 2.01. The lowest BCUT2D eigenvalue weighted by atomic mass is 10.1. The highest BCUT2D eigenvalue weighted by molar-refractivity contribution is 5.90. The molecule has 0 radical (unpaired) electrons. The third-order valence-electron chi connectivity index (χ3n) is 3.85. The minimum atomic E-state index is -0.275. The molecule has 7 nitrogen and oxygen atoms in total. The molecule has 0 atom stereocenters. The molecule has 1 saturated carbocycles. The van der Waals surface area contributed by atoms with Crippen LogP contribution in [0.15, 0.2) is 24.3 Å². The van der Waals surface area contributed by atoms with Crippen LogP contribution in [-0.4, -0.2) is 33.4 Å². The zero-order valence-corrected chi connectivity index (χ0v) is 13.7. The van der Waals surface area contributed by atoms with E-state index in [9.17, 15) is 14.7 Å². The first-order valence-electron chi connectivity index (χ1n) is 7.98. The second-order valence-electron chi connectivity index (χ2n) is 5.89. The van der Waals surface area contributed by atoms with E-state index < -0.39 is 0 Å². The molecule has 1 aliphatic carbocycles. The van der Waals surface area contributed by atoms with Gasteiger partial charge in [0.15, 0.2) is 0 Å². The van der Waals surface area contributed by atoms with E-state index in [-0.39, 0.29) is 17.7 Å². The van der Waals surface area contributed by atoms with Gasteiger partial charge in [0.25, 0.3) is 0 Å². The van der Waals surface area contributed by atoms with Gasteiger partial charge in [-0.15, -0.1) is 0 Å². The van der Waals surface area contributed by atoms with E-state index in [1.54, 1.807) is 12.1 Å². The van der Waals surface area contributed by atoms with Crippen molar-refractivity contribution in [3.8, 4) is 17.0 Å². The lowest BCUT2D eigenvalue weighted by Crippen LogP contribution is -2.30. The summed E-state index contributed by atoms with van der Waals surface area (Å²) >= 11 is 0. The van der Waals surface area contributed by atoms with E-state index in [0.29, 0.717) is 29.4 Å². The Hall–Kier alpha value is -2.83. The number of nitrogens with one attached hydrogen (secondary N) is 2. The summed E-state index contributed by atoms with van der Waals surface area (Å²) in [5, 5.41) is 20.0. The lowest BCUT2D eigenvalue weighted by molar-refractivity contribution is -0.114. The molecule has 3 rings (SSSR count). The van der Waals surface area contributed by atoms with Gasteiger partial charge in [-0.05, 0) is 44.0 Å². The number of phenolic OH excluding ortho intramolecular Hbond substituents is 1. The quantitative estimate of drug-likeness (QED) is 0.752. The van der Waals surface area contributed by atoms with Crippen molar-refractivity contribution in [3.63, 3.8) is 0 Å². The Morgan fingerprint density at radius 2 is 2.08 bits per heavy atom. The van der Waals surface area contributed by atoms with Crippen LogP contribution in [0.4, 0.5) is 10.5 Å². The van der Waals surface area contributed by atoms with Gasteiger partial charge in [-0.3, -0.25) is 4.79 Å². The molecule has 1 aromatic heterocycles. The minimum Gasteiger partial charge on any atom is -0.507 e. The minimum absolute atomic E-state index is 0.0481. The van der Waals surface area contributed by atoms with Gasteiger partial charge in [0.05, 0.1) is 11.4 Å². The van der Waals surface area contributed by atoms with Crippen LogP contribution in [0.1, 0.15) is 38.3 Å². The van der Waals surface area contributed by atoms with E-state index in [1.807, 2.05) is 13.0 Å². The van der Waals surface area contributed by atoms with Crippen LogP contribution in [0.5, 0.6) is 5.75 Å². The molecule has 24 heavy (non-hydrogen) atoms. The second kappa shape index (κ2) is 6.35. The molecule has 7 heteroatoms. The maximum atomic E-state index is 12.2. The Morgan fingerprint density at radius 1 is 1.33 bits per heavy atom. The van der Waals surface area contributed by atoms with Crippen molar-refractivity contribution in [2.75, 3.05) is 11.9 Å². The number of carbonyl (C=O) groups excluding carboxylic acids is 2. The average Bonchev–Trinajstić information content (AvgIpc) is 3.28. The predicted molar refractivity (Wildman–Crippen MR) is 90.1 cm³/mol. The Kier molecular flexibility index (Phi) is 4.24. The fourth-order valence-corrected chi connectivity index (χ4v) is 2.61. The number of carbonyl (C=O) groups is 2. The number of hydrogen-bond donors (Lipinski definition) is 3. The third kappa shape index (κ3) is 3.24. The van der Waals surface area contributed by atoms with Crippen molar-refractivity contribution in [3.05, 3.63) is 30.0 Å². The van der Waals surface area contributed by atoms with E-state index in [0.717, 1.165) is 18.5 Å². The van der Waals surface area contributed by atoms with Gasteiger partial charge in [0, 0.05) is 30.6 Å². The SMILES string of the molecule is CCNC(=O)n1nc(-c2cc(NC(C)=O)ccc2O)cc1C1CC1.